The minimum atomic E-state index is 0.110. The van der Waals surface area contributed by atoms with Gasteiger partial charge in [0.25, 0.3) is 0 Å². The van der Waals surface area contributed by atoms with Crippen LogP contribution in [0, 0.1) is 13.8 Å². The Labute approximate surface area is 92.0 Å². The van der Waals surface area contributed by atoms with Gasteiger partial charge in [0.2, 0.25) is 0 Å². The molecule has 84 valence electrons. The molecular weight excluding hydrogens is 186 g/mol. The molecule has 1 aromatic heterocycles. The summed E-state index contributed by atoms with van der Waals surface area (Å²) < 4.78 is 1.90. The third-order valence-corrected chi connectivity index (χ3v) is 2.86. The quantitative estimate of drug-likeness (QED) is 0.595. The summed E-state index contributed by atoms with van der Waals surface area (Å²) in [7, 11) is 1.96. The largest absolute Gasteiger partial charge is 0.324 e. The summed E-state index contributed by atoms with van der Waals surface area (Å²) in [5.74, 6) is 0. The van der Waals surface area contributed by atoms with E-state index in [4.69, 9.17) is 5.73 Å². The standard InChI is InChI=1S/C12H21N3/c1-5-6-7-8-11(13)12-9(2)14-15(4)10(12)3/h5,11H,1,6-8,13H2,2-4H3. The summed E-state index contributed by atoms with van der Waals surface area (Å²) >= 11 is 0. The van der Waals surface area contributed by atoms with E-state index in [9.17, 15) is 0 Å². The van der Waals surface area contributed by atoms with E-state index in [2.05, 4.69) is 18.6 Å². The van der Waals surface area contributed by atoms with E-state index in [0.717, 1.165) is 25.0 Å². The van der Waals surface area contributed by atoms with E-state index in [0.29, 0.717) is 0 Å². The Hall–Kier alpha value is -1.09. The summed E-state index contributed by atoms with van der Waals surface area (Å²) in [5, 5.41) is 4.38. The van der Waals surface area contributed by atoms with Crippen molar-refractivity contribution in [2.24, 2.45) is 12.8 Å². The fraction of sp³-hybridized carbons (Fsp3) is 0.583. The van der Waals surface area contributed by atoms with Gasteiger partial charge in [-0.2, -0.15) is 5.10 Å². The zero-order valence-electron chi connectivity index (χ0n) is 9.95. The van der Waals surface area contributed by atoms with Crippen molar-refractivity contribution in [1.29, 1.82) is 0 Å². The van der Waals surface area contributed by atoms with Crippen LogP contribution in [0.5, 0.6) is 0 Å². The Morgan fingerprint density at radius 3 is 2.67 bits per heavy atom. The molecule has 0 aliphatic rings. The Bertz CT molecular complexity index is 339. The summed E-state index contributed by atoms with van der Waals surface area (Å²) in [6, 6.07) is 0.110. The highest BCUT2D eigenvalue weighted by molar-refractivity contribution is 5.27. The molecule has 1 aromatic rings. The molecule has 3 heteroatoms. The zero-order valence-corrected chi connectivity index (χ0v) is 9.95. The van der Waals surface area contributed by atoms with Crippen molar-refractivity contribution < 1.29 is 0 Å². The van der Waals surface area contributed by atoms with Gasteiger partial charge in [0.05, 0.1) is 5.69 Å². The molecule has 0 spiro atoms. The predicted molar refractivity (Wildman–Crippen MR) is 63.7 cm³/mol. The smallest absolute Gasteiger partial charge is 0.0644 e. The third kappa shape index (κ3) is 2.69. The second-order valence-electron chi connectivity index (χ2n) is 4.03. The minimum Gasteiger partial charge on any atom is -0.324 e. The Morgan fingerprint density at radius 1 is 1.53 bits per heavy atom. The number of nitrogens with two attached hydrogens (primary N) is 1. The van der Waals surface area contributed by atoms with Crippen LogP contribution in [0.2, 0.25) is 0 Å². The van der Waals surface area contributed by atoms with Crippen LogP contribution in [-0.2, 0) is 7.05 Å². The van der Waals surface area contributed by atoms with Crippen molar-refractivity contribution in [1.82, 2.24) is 9.78 Å². The van der Waals surface area contributed by atoms with Crippen LogP contribution in [0.15, 0.2) is 12.7 Å². The van der Waals surface area contributed by atoms with Gasteiger partial charge in [0.1, 0.15) is 0 Å². The Morgan fingerprint density at radius 2 is 2.20 bits per heavy atom. The molecule has 1 unspecified atom stereocenters. The Kier molecular flexibility index (Phi) is 4.09. The summed E-state index contributed by atoms with van der Waals surface area (Å²) in [5.41, 5.74) is 9.61. The van der Waals surface area contributed by atoms with Gasteiger partial charge in [0.15, 0.2) is 0 Å². The monoisotopic (exact) mass is 207 g/mol. The van der Waals surface area contributed by atoms with Gasteiger partial charge in [0, 0.05) is 24.3 Å². The number of hydrogen-bond acceptors (Lipinski definition) is 2. The molecule has 0 radical (unpaired) electrons. The molecule has 1 heterocycles. The van der Waals surface area contributed by atoms with Crippen LogP contribution in [0.25, 0.3) is 0 Å². The normalized spacial score (nSPS) is 12.8. The maximum atomic E-state index is 6.16. The second-order valence-corrected chi connectivity index (χ2v) is 4.03. The number of aryl methyl sites for hydroxylation is 2. The van der Waals surface area contributed by atoms with Crippen LogP contribution in [0.1, 0.15) is 42.3 Å². The first-order valence-electron chi connectivity index (χ1n) is 5.44. The summed E-state index contributed by atoms with van der Waals surface area (Å²) in [6.45, 7) is 7.81. The van der Waals surface area contributed by atoms with E-state index in [1.54, 1.807) is 0 Å². The van der Waals surface area contributed by atoms with Crippen LogP contribution in [0.4, 0.5) is 0 Å². The third-order valence-electron chi connectivity index (χ3n) is 2.86. The van der Waals surface area contributed by atoms with E-state index in [1.165, 1.54) is 11.3 Å². The lowest BCUT2D eigenvalue weighted by Gasteiger charge is -2.11. The summed E-state index contributed by atoms with van der Waals surface area (Å²) in [6.07, 6.45) is 5.07. The average molecular weight is 207 g/mol. The van der Waals surface area contributed by atoms with E-state index in [1.807, 2.05) is 24.7 Å². The first-order valence-corrected chi connectivity index (χ1v) is 5.44. The average Bonchev–Trinajstić information content (AvgIpc) is 2.41. The molecule has 15 heavy (non-hydrogen) atoms. The minimum absolute atomic E-state index is 0.110. The van der Waals surface area contributed by atoms with Crippen LogP contribution in [-0.4, -0.2) is 9.78 Å². The number of allylic oxidation sites excluding steroid dienone is 1. The molecule has 0 saturated heterocycles. The van der Waals surface area contributed by atoms with E-state index < -0.39 is 0 Å². The summed E-state index contributed by atoms with van der Waals surface area (Å²) in [4.78, 5) is 0. The lowest BCUT2D eigenvalue weighted by Crippen LogP contribution is -2.12. The molecule has 0 aliphatic carbocycles. The number of unbranched alkanes of at least 4 members (excludes halogenated alkanes) is 1. The molecule has 2 N–H and O–H groups in total. The number of rotatable bonds is 5. The maximum absolute atomic E-state index is 6.16. The first kappa shape index (κ1) is 12.0. The van der Waals surface area contributed by atoms with Crippen LogP contribution >= 0.6 is 0 Å². The molecule has 0 aromatic carbocycles. The predicted octanol–water partition coefficient (Wildman–Crippen LogP) is 2.39. The lowest BCUT2D eigenvalue weighted by molar-refractivity contribution is 0.610. The van der Waals surface area contributed by atoms with Crippen LogP contribution < -0.4 is 5.73 Å². The number of hydrogen-bond donors (Lipinski definition) is 1. The molecular formula is C12H21N3. The van der Waals surface area contributed by atoms with E-state index in [-0.39, 0.29) is 6.04 Å². The van der Waals surface area contributed by atoms with Gasteiger partial charge in [-0.1, -0.05) is 6.08 Å². The fourth-order valence-corrected chi connectivity index (χ4v) is 1.95. The highest BCUT2D eigenvalue weighted by atomic mass is 15.3. The van der Waals surface area contributed by atoms with Gasteiger partial charge in [-0.15, -0.1) is 6.58 Å². The van der Waals surface area contributed by atoms with Crippen LogP contribution in [0.3, 0.4) is 0 Å². The molecule has 0 amide bonds. The highest BCUT2D eigenvalue weighted by Gasteiger charge is 2.15. The van der Waals surface area contributed by atoms with Crippen molar-refractivity contribution in [3.05, 3.63) is 29.6 Å². The number of nitrogens with zero attached hydrogens (tertiary/aromatic N) is 2. The molecule has 3 nitrogen and oxygen atoms in total. The molecule has 1 rings (SSSR count). The first-order chi connectivity index (χ1) is 7.07. The second kappa shape index (κ2) is 5.12. The van der Waals surface area contributed by atoms with E-state index >= 15 is 0 Å². The molecule has 1 atom stereocenters. The topological polar surface area (TPSA) is 43.8 Å². The van der Waals surface area contributed by atoms with Gasteiger partial charge in [-0.3, -0.25) is 4.68 Å². The molecule has 0 fully saturated rings. The highest BCUT2D eigenvalue weighted by Crippen LogP contribution is 2.23. The van der Waals surface area contributed by atoms with Gasteiger partial charge in [-0.05, 0) is 33.1 Å². The van der Waals surface area contributed by atoms with Gasteiger partial charge >= 0.3 is 0 Å². The molecule has 0 aliphatic heterocycles. The zero-order chi connectivity index (χ0) is 11.4. The van der Waals surface area contributed by atoms with Crippen molar-refractivity contribution >= 4 is 0 Å². The maximum Gasteiger partial charge on any atom is 0.0644 e. The molecule has 0 saturated carbocycles. The number of aromatic nitrogens is 2. The van der Waals surface area contributed by atoms with Crippen molar-refractivity contribution in [2.75, 3.05) is 0 Å². The fourth-order valence-electron chi connectivity index (χ4n) is 1.95. The lowest BCUT2D eigenvalue weighted by atomic mass is 10.0. The van der Waals surface area contributed by atoms with Crippen molar-refractivity contribution in [2.45, 2.75) is 39.2 Å². The van der Waals surface area contributed by atoms with Crippen molar-refractivity contribution in [3.63, 3.8) is 0 Å². The van der Waals surface area contributed by atoms with Gasteiger partial charge < -0.3 is 5.73 Å². The molecule has 0 bridgehead atoms. The van der Waals surface area contributed by atoms with Crippen molar-refractivity contribution in [3.8, 4) is 0 Å². The van der Waals surface area contributed by atoms with Gasteiger partial charge in [-0.25, -0.2) is 0 Å². The SMILES string of the molecule is C=CCCCC(N)c1c(C)nn(C)c1C. The Balaban J connectivity index is 2.72.